The van der Waals surface area contributed by atoms with Gasteiger partial charge in [0.15, 0.2) is 0 Å². The number of hydrogen-bond acceptors (Lipinski definition) is 5. The van der Waals surface area contributed by atoms with E-state index in [1.165, 1.54) is 20.0 Å². The predicted molar refractivity (Wildman–Crippen MR) is 99.9 cm³/mol. The monoisotopic (exact) mass is 357 g/mol. The van der Waals surface area contributed by atoms with Crippen LogP contribution in [0.5, 0.6) is 0 Å². The van der Waals surface area contributed by atoms with Crippen molar-refractivity contribution in [3.8, 4) is 0 Å². The second-order valence-electron chi connectivity index (χ2n) is 6.45. The summed E-state index contributed by atoms with van der Waals surface area (Å²) in [5, 5.41) is 12.9. The number of pyridine rings is 1. The fourth-order valence-corrected chi connectivity index (χ4v) is 3.26. The van der Waals surface area contributed by atoms with Crippen molar-refractivity contribution in [3.63, 3.8) is 0 Å². The van der Waals surface area contributed by atoms with E-state index in [0.717, 1.165) is 25.9 Å². The number of ether oxygens (including phenoxy) is 1. The molecule has 1 aliphatic heterocycles. The van der Waals surface area contributed by atoms with Gasteiger partial charge < -0.3 is 20.1 Å². The molecular weight excluding hydrogens is 334 g/mol. The van der Waals surface area contributed by atoms with Crippen LogP contribution in [-0.4, -0.2) is 48.8 Å². The summed E-state index contributed by atoms with van der Waals surface area (Å²) >= 11 is 0. The van der Waals surface area contributed by atoms with Crippen LogP contribution in [0.25, 0.3) is 10.9 Å². The Kier molecular flexibility index (Phi) is 5.68. The summed E-state index contributed by atoms with van der Waals surface area (Å²) < 4.78 is 4.79. The maximum Gasteiger partial charge on any atom is 0.336 e. The molecule has 2 heterocycles. The summed E-state index contributed by atoms with van der Waals surface area (Å²) in [5.74, 6) is -0.598. The molecule has 2 N–H and O–H groups in total. The third-order valence-corrected chi connectivity index (χ3v) is 4.51. The first kappa shape index (κ1) is 18.1. The molecule has 0 saturated carbocycles. The Morgan fingerprint density at radius 3 is 2.58 bits per heavy atom. The third-order valence-electron chi connectivity index (χ3n) is 4.51. The zero-order valence-corrected chi connectivity index (χ0v) is 14.8. The number of aromatic carboxylic acids is 1. The lowest BCUT2D eigenvalue weighted by Crippen LogP contribution is -2.25. The van der Waals surface area contributed by atoms with Gasteiger partial charge in [-0.1, -0.05) is 12.8 Å². The lowest BCUT2D eigenvalue weighted by atomic mass is 10.1. The fourth-order valence-electron chi connectivity index (χ4n) is 3.26. The normalized spacial score (nSPS) is 14.9. The topological polar surface area (TPSA) is 91.8 Å². The molecule has 1 aromatic carbocycles. The van der Waals surface area contributed by atoms with Crippen molar-refractivity contribution in [1.29, 1.82) is 0 Å². The zero-order valence-electron chi connectivity index (χ0n) is 14.8. The maximum atomic E-state index is 11.8. The van der Waals surface area contributed by atoms with Gasteiger partial charge in [-0.3, -0.25) is 4.79 Å². The van der Waals surface area contributed by atoms with Crippen LogP contribution >= 0.6 is 0 Å². The third kappa shape index (κ3) is 4.11. The highest BCUT2D eigenvalue weighted by Gasteiger charge is 2.17. The van der Waals surface area contributed by atoms with Crippen LogP contribution in [-0.2, 0) is 9.53 Å². The molecule has 0 radical (unpaired) electrons. The quantitative estimate of drug-likeness (QED) is 0.855. The number of anilines is 2. The van der Waals surface area contributed by atoms with Crippen molar-refractivity contribution in [3.05, 3.63) is 29.8 Å². The van der Waals surface area contributed by atoms with Gasteiger partial charge in [0.05, 0.1) is 11.1 Å². The van der Waals surface area contributed by atoms with Gasteiger partial charge in [0.2, 0.25) is 5.91 Å². The minimum absolute atomic E-state index is 0.0596. The molecule has 138 valence electrons. The van der Waals surface area contributed by atoms with E-state index in [9.17, 15) is 14.7 Å². The summed E-state index contributed by atoms with van der Waals surface area (Å²) in [6.07, 6.45) is 4.57. The fraction of sp³-hybridized carbons (Fsp3) is 0.421. The van der Waals surface area contributed by atoms with Crippen LogP contribution < -0.4 is 10.2 Å². The number of hydrogen-bond donors (Lipinski definition) is 2. The van der Waals surface area contributed by atoms with Gasteiger partial charge in [-0.25, -0.2) is 9.78 Å². The van der Waals surface area contributed by atoms with Crippen molar-refractivity contribution in [2.75, 3.05) is 37.0 Å². The number of fused-ring (bicyclic) bond motifs is 1. The smallest absolute Gasteiger partial charge is 0.336 e. The van der Waals surface area contributed by atoms with E-state index in [4.69, 9.17) is 4.74 Å². The Balaban J connectivity index is 1.98. The van der Waals surface area contributed by atoms with Crippen LogP contribution in [0.2, 0.25) is 0 Å². The van der Waals surface area contributed by atoms with Crippen molar-refractivity contribution in [1.82, 2.24) is 4.98 Å². The van der Waals surface area contributed by atoms with Crippen LogP contribution in [0.4, 0.5) is 11.5 Å². The number of carboxylic acid groups (broad SMARTS) is 1. The molecule has 1 aliphatic rings. The van der Waals surface area contributed by atoms with Gasteiger partial charge in [0.25, 0.3) is 0 Å². The minimum atomic E-state index is -1.01. The van der Waals surface area contributed by atoms with Crippen LogP contribution in [0, 0.1) is 0 Å². The van der Waals surface area contributed by atoms with Gasteiger partial charge in [-0.05, 0) is 37.1 Å². The Morgan fingerprint density at radius 1 is 1.19 bits per heavy atom. The molecule has 26 heavy (non-hydrogen) atoms. The Morgan fingerprint density at radius 2 is 1.92 bits per heavy atom. The number of amides is 1. The number of rotatable bonds is 5. The molecule has 1 saturated heterocycles. The molecule has 0 unspecified atom stereocenters. The molecule has 7 heteroatoms. The maximum absolute atomic E-state index is 11.8. The van der Waals surface area contributed by atoms with Crippen molar-refractivity contribution in [2.24, 2.45) is 0 Å². The Labute approximate surface area is 152 Å². The molecule has 0 aliphatic carbocycles. The zero-order chi connectivity index (χ0) is 18.5. The van der Waals surface area contributed by atoms with Crippen LogP contribution in [0.1, 0.15) is 36.0 Å². The number of carbonyl (C=O) groups is 2. The van der Waals surface area contributed by atoms with Crippen molar-refractivity contribution < 1.29 is 19.4 Å². The van der Waals surface area contributed by atoms with Gasteiger partial charge in [-0.2, -0.15) is 0 Å². The molecule has 1 aromatic heterocycles. The van der Waals surface area contributed by atoms with Crippen LogP contribution in [0.3, 0.4) is 0 Å². The molecule has 1 fully saturated rings. The van der Waals surface area contributed by atoms with Gasteiger partial charge >= 0.3 is 5.97 Å². The minimum Gasteiger partial charge on any atom is -0.478 e. The standard InChI is InChI=1S/C19H23N3O4/c1-26-12-18(23)20-13-6-7-16-14(10-13)15(19(24)25)11-17(21-16)22-8-4-2-3-5-9-22/h6-7,10-11H,2-5,8-9,12H2,1H3,(H,20,23)(H,24,25). The SMILES string of the molecule is COCC(=O)Nc1ccc2nc(N3CCCCCC3)cc(C(=O)O)c2c1. The average Bonchev–Trinajstić information content (AvgIpc) is 2.90. The number of nitrogens with one attached hydrogen (secondary N) is 1. The lowest BCUT2D eigenvalue weighted by molar-refractivity contribution is -0.119. The van der Waals surface area contributed by atoms with Crippen LogP contribution in [0.15, 0.2) is 24.3 Å². The first-order valence-corrected chi connectivity index (χ1v) is 8.80. The van der Waals surface area contributed by atoms with E-state index < -0.39 is 5.97 Å². The van der Waals surface area contributed by atoms with E-state index >= 15 is 0 Å². The number of carbonyl (C=O) groups excluding carboxylic acids is 1. The summed E-state index contributed by atoms with van der Waals surface area (Å²) in [7, 11) is 1.44. The number of nitrogens with zero attached hydrogens (tertiary/aromatic N) is 2. The second kappa shape index (κ2) is 8.14. The van der Waals surface area contributed by atoms with E-state index in [0.29, 0.717) is 22.4 Å². The molecule has 2 aromatic rings. The number of carboxylic acids is 1. The highest BCUT2D eigenvalue weighted by Crippen LogP contribution is 2.27. The summed E-state index contributed by atoms with van der Waals surface area (Å²) in [5.41, 5.74) is 1.32. The second-order valence-corrected chi connectivity index (χ2v) is 6.45. The molecule has 1 amide bonds. The Hall–Kier alpha value is -2.67. The highest BCUT2D eigenvalue weighted by molar-refractivity contribution is 6.05. The summed E-state index contributed by atoms with van der Waals surface area (Å²) in [4.78, 5) is 30.3. The largest absolute Gasteiger partial charge is 0.478 e. The molecule has 7 nitrogen and oxygen atoms in total. The van der Waals surface area contributed by atoms with E-state index in [-0.39, 0.29) is 18.1 Å². The van der Waals surface area contributed by atoms with E-state index in [1.54, 1.807) is 24.3 Å². The van der Waals surface area contributed by atoms with E-state index in [2.05, 4.69) is 15.2 Å². The lowest BCUT2D eigenvalue weighted by Gasteiger charge is -2.22. The number of aromatic nitrogens is 1. The van der Waals surface area contributed by atoms with Crippen molar-refractivity contribution >= 4 is 34.3 Å². The molecule has 0 bridgehead atoms. The number of methoxy groups -OCH3 is 1. The molecule has 0 spiro atoms. The number of benzene rings is 1. The van der Waals surface area contributed by atoms with Crippen molar-refractivity contribution in [2.45, 2.75) is 25.7 Å². The average molecular weight is 357 g/mol. The Bertz CT molecular complexity index is 814. The summed E-state index contributed by atoms with van der Waals surface area (Å²) in [6.45, 7) is 1.72. The molecular formula is C19H23N3O4. The van der Waals surface area contributed by atoms with Gasteiger partial charge in [0, 0.05) is 31.3 Å². The first-order valence-electron chi connectivity index (χ1n) is 8.80. The van der Waals surface area contributed by atoms with Gasteiger partial charge in [-0.15, -0.1) is 0 Å². The predicted octanol–water partition coefficient (Wildman–Crippen LogP) is 2.90. The summed E-state index contributed by atoms with van der Waals surface area (Å²) in [6, 6.07) is 6.74. The van der Waals surface area contributed by atoms with Gasteiger partial charge in [0.1, 0.15) is 12.4 Å². The molecule has 0 atom stereocenters. The van der Waals surface area contributed by atoms with E-state index in [1.807, 2.05) is 0 Å². The molecule has 3 rings (SSSR count). The highest BCUT2D eigenvalue weighted by atomic mass is 16.5. The first-order chi connectivity index (χ1) is 12.6.